The standard InChI is InChI=1S/C9H12N2/c1-7-2-3-8(4-5-10)6-9(7)11/h2-3,5-6,10H,4,11H2,1H3. The zero-order valence-electron chi connectivity index (χ0n) is 6.59. The predicted octanol–water partition coefficient (Wildman–Crippen LogP) is 1.77. The Bertz CT molecular complexity index is 266. The first-order chi connectivity index (χ1) is 5.24. The zero-order valence-corrected chi connectivity index (χ0v) is 6.59. The van der Waals surface area contributed by atoms with Crippen LogP contribution in [0.25, 0.3) is 0 Å². The van der Waals surface area contributed by atoms with Crippen LogP contribution in [0.15, 0.2) is 18.2 Å². The van der Waals surface area contributed by atoms with Gasteiger partial charge in [-0.3, -0.25) is 0 Å². The first-order valence-corrected chi connectivity index (χ1v) is 3.58. The second kappa shape index (κ2) is 3.19. The molecule has 0 saturated carbocycles. The third-order valence-electron chi connectivity index (χ3n) is 1.68. The van der Waals surface area contributed by atoms with Crippen molar-refractivity contribution in [2.45, 2.75) is 13.3 Å². The number of nitrogens with two attached hydrogens (primary N) is 1. The number of aryl methyl sites for hydroxylation is 1. The number of nitrogens with one attached hydrogen (secondary N) is 1. The monoisotopic (exact) mass is 148 g/mol. The van der Waals surface area contributed by atoms with Crippen molar-refractivity contribution in [3.05, 3.63) is 29.3 Å². The molecular formula is C9H12N2. The second-order valence-electron chi connectivity index (χ2n) is 2.60. The highest BCUT2D eigenvalue weighted by Gasteiger charge is 1.94. The van der Waals surface area contributed by atoms with E-state index in [9.17, 15) is 0 Å². The summed E-state index contributed by atoms with van der Waals surface area (Å²) in [6.45, 7) is 1.98. The van der Waals surface area contributed by atoms with Gasteiger partial charge in [0.25, 0.3) is 0 Å². The molecular weight excluding hydrogens is 136 g/mol. The van der Waals surface area contributed by atoms with E-state index in [1.807, 2.05) is 25.1 Å². The molecule has 0 aromatic heterocycles. The van der Waals surface area contributed by atoms with Gasteiger partial charge in [0.05, 0.1) is 0 Å². The van der Waals surface area contributed by atoms with Gasteiger partial charge in [0, 0.05) is 12.1 Å². The molecule has 2 heteroatoms. The number of hydrogen-bond donors (Lipinski definition) is 2. The van der Waals surface area contributed by atoms with E-state index in [1.54, 1.807) is 0 Å². The van der Waals surface area contributed by atoms with Crippen molar-refractivity contribution in [2.24, 2.45) is 0 Å². The van der Waals surface area contributed by atoms with Crippen molar-refractivity contribution in [1.29, 1.82) is 5.41 Å². The number of nitrogen functional groups attached to an aromatic ring is 1. The molecule has 0 aliphatic heterocycles. The Morgan fingerprint density at radius 3 is 2.82 bits per heavy atom. The van der Waals surface area contributed by atoms with Gasteiger partial charge in [-0.05, 0) is 30.3 Å². The minimum Gasteiger partial charge on any atom is -0.399 e. The fourth-order valence-corrected chi connectivity index (χ4v) is 0.935. The highest BCUT2D eigenvalue weighted by atomic mass is 14.5. The Balaban J connectivity index is 2.95. The quantitative estimate of drug-likeness (QED) is 0.487. The summed E-state index contributed by atoms with van der Waals surface area (Å²) < 4.78 is 0. The lowest BCUT2D eigenvalue weighted by molar-refractivity contribution is 1.31. The van der Waals surface area contributed by atoms with Crippen LogP contribution in [0.3, 0.4) is 0 Å². The fraction of sp³-hybridized carbons (Fsp3) is 0.222. The lowest BCUT2D eigenvalue weighted by Gasteiger charge is -2.01. The van der Waals surface area contributed by atoms with Gasteiger partial charge >= 0.3 is 0 Å². The molecule has 58 valence electrons. The lowest BCUT2D eigenvalue weighted by Crippen LogP contribution is -1.92. The summed E-state index contributed by atoms with van der Waals surface area (Å²) in [5, 5.41) is 6.90. The van der Waals surface area contributed by atoms with Crippen LogP contribution in [-0.2, 0) is 6.42 Å². The van der Waals surface area contributed by atoms with Crippen molar-refractivity contribution in [3.8, 4) is 0 Å². The van der Waals surface area contributed by atoms with Gasteiger partial charge in [-0.15, -0.1) is 0 Å². The Hall–Kier alpha value is -1.31. The van der Waals surface area contributed by atoms with E-state index < -0.39 is 0 Å². The Labute approximate surface area is 66.6 Å². The number of rotatable bonds is 2. The molecule has 1 aromatic carbocycles. The first-order valence-electron chi connectivity index (χ1n) is 3.58. The maximum absolute atomic E-state index is 6.90. The minimum absolute atomic E-state index is 0.671. The van der Waals surface area contributed by atoms with E-state index in [0.717, 1.165) is 16.8 Å². The second-order valence-corrected chi connectivity index (χ2v) is 2.60. The summed E-state index contributed by atoms with van der Waals surface area (Å²) in [5.41, 5.74) is 8.68. The molecule has 0 heterocycles. The molecule has 0 atom stereocenters. The zero-order chi connectivity index (χ0) is 8.27. The summed E-state index contributed by atoms with van der Waals surface area (Å²) in [7, 11) is 0. The lowest BCUT2D eigenvalue weighted by atomic mass is 10.1. The van der Waals surface area contributed by atoms with Crippen molar-refractivity contribution in [2.75, 3.05) is 5.73 Å². The molecule has 0 amide bonds. The molecule has 0 radical (unpaired) electrons. The number of benzene rings is 1. The molecule has 0 saturated heterocycles. The maximum Gasteiger partial charge on any atom is 0.0346 e. The van der Waals surface area contributed by atoms with Crippen LogP contribution in [0.4, 0.5) is 5.69 Å². The third-order valence-corrected chi connectivity index (χ3v) is 1.68. The van der Waals surface area contributed by atoms with Crippen molar-refractivity contribution in [1.82, 2.24) is 0 Å². The normalized spacial score (nSPS) is 9.55. The molecule has 3 N–H and O–H groups in total. The van der Waals surface area contributed by atoms with Crippen LogP contribution in [0.1, 0.15) is 11.1 Å². The minimum atomic E-state index is 0.671. The summed E-state index contributed by atoms with van der Waals surface area (Å²) in [6.07, 6.45) is 2.05. The topological polar surface area (TPSA) is 49.9 Å². The van der Waals surface area contributed by atoms with Gasteiger partial charge in [0.15, 0.2) is 0 Å². The van der Waals surface area contributed by atoms with Gasteiger partial charge in [-0.25, -0.2) is 0 Å². The fourth-order valence-electron chi connectivity index (χ4n) is 0.935. The van der Waals surface area contributed by atoms with Crippen LogP contribution in [0, 0.1) is 12.3 Å². The molecule has 0 unspecified atom stereocenters. The van der Waals surface area contributed by atoms with Crippen LogP contribution >= 0.6 is 0 Å². The Morgan fingerprint density at radius 1 is 1.55 bits per heavy atom. The van der Waals surface area contributed by atoms with Crippen molar-refractivity contribution in [3.63, 3.8) is 0 Å². The largest absolute Gasteiger partial charge is 0.399 e. The molecule has 0 aliphatic carbocycles. The van der Waals surface area contributed by atoms with Gasteiger partial charge in [-0.2, -0.15) is 0 Å². The van der Waals surface area contributed by atoms with Gasteiger partial charge < -0.3 is 11.1 Å². The van der Waals surface area contributed by atoms with E-state index in [4.69, 9.17) is 11.1 Å². The summed E-state index contributed by atoms with van der Waals surface area (Å²) in [6, 6.07) is 5.89. The smallest absolute Gasteiger partial charge is 0.0346 e. The molecule has 0 fully saturated rings. The average molecular weight is 148 g/mol. The first kappa shape index (κ1) is 7.79. The molecule has 1 rings (SSSR count). The number of anilines is 1. The van der Waals surface area contributed by atoms with Crippen molar-refractivity contribution >= 4 is 11.9 Å². The summed E-state index contributed by atoms with van der Waals surface area (Å²) in [4.78, 5) is 0. The highest BCUT2D eigenvalue weighted by Crippen LogP contribution is 2.12. The average Bonchev–Trinajstić information content (AvgIpc) is 1.98. The molecule has 2 nitrogen and oxygen atoms in total. The van der Waals surface area contributed by atoms with E-state index in [2.05, 4.69) is 0 Å². The SMILES string of the molecule is Cc1ccc(CC=N)cc1N. The van der Waals surface area contributed by atoms with Crippen LogP contribution in [0.2, 0.25) is 0 Å². The maximum atomic E-state index is 6.90. The van der Waals surface area contributed by atoms with Gasteiger partial charge in [0.1, 0.15) is 0 Å². The summed E-state index contributed by atoms with van der Waals surface area (Å²) >= 11 is 0. The number of hydrogen-bond acceptors (Lipinski definition) is 2. The van der Waals surface area contributed by atoms with E-state index in [1.165, 1.54) is 6.21 Å². The van der Waals surface area contributed by atoms with Gasteiger partial charge in [-0.1, -0.05) is 12.1 Å². The molecule has 0 spiro atoms. The molecule has 0 aliphatic rings. The molecule has 1 aromatic rings. The van der Waals surface area contributed by atoms with E-state index in [-0.39, 0.29) is 0 Å². The predicted molar refractivity (Wildman–Crippen MR) is 48.1 cm³/mol. The summed E-state index contributed by atoms with van der Waals surface area (Å²) in [5.74, 6) is 0. The Kier molecular flexibility index (Phi) is 2.26. The highest BCUT2D eigenvalue weighted by molar-refractivity contribution is 5.60. The van der Waals surface area contributed by atoms with E-state index >= 15 is 0 Å². The Morgan fingerprint density at radius 2 is 2.27 bits per heavy atom. The van der Waals surface area contributed by atoms with E-state index in [0.29, 0.717) is 6.42 Å². The van der Waals surface area contributed by atoms with Crippen LogP contribution < -0.4 is 5.73 Å². The van der Waals surface area contributed by atoms with Crippen LogP contribution in [-0.4, -0.2) is 6.21 Å². The van der Waals surface area contributed by atoms with Crippen LogP contribution in [0.5, 0.6) is 0 Å². The molecule has 0 bridgehead atoms. The third kappa shape index (κ3) is 1.80. The van der Waals surface area contributed by atoms with Crippen molar-refractivity contribution < 1.29 is 0 Å². The van der Waals surface area contributed by atoms with Gasteiger partial charge in [0.2, 0.25) is 0 Å². The molecule has 11 heavy (non-hydrogen) atoms.